The molecule has 0 radical (unpaired) electrons. The second kappa shape index (κ2) is 3.40. The molecular weight excluding hydrogens is 110 g/mol. The molecule has 1 unspecified atom stereocenters. The quantitative estimate of drug-likeness (QED) is 0.497. The lowest BCUT2D eigenvalue weighted by Gasteiger charge is -2.03. The Labute approximate surface area is 47.4 Å². The van der Waals surface area contributed by atoms with E-state index in [1.54, 1.807) is 0 Å². The second-order valence-corrected chi connectivity index (χ2v) is 1.38. The van der Waals surface area contributed by atoms with Gasteiger partial charge in [-0.15, -0.1) is 0 Å². The molecule has 0 aromatic heterocycles. The van der Waals surface area contributed by atoms with Crippen LogP contribution in [0.5, 0.6) is 0 Å². The van der Waals surface area contributed by atoms with Crippen LogP contribution in [0, 0.1) is 0 Å². The molecule has 0 aliphatic rings. The molecular formula is C4H9NO3. The Morgan fingerprint density at radius 2 is 2.38 bits per heavy atom. The van der Waals surface area contributed by atoms with Crippen LogP contribution >= 0.6 is 0 Å². The van der Waals surface area contributed by atoms with E-state index in [4.69, 9.17) is 5.11 Å². The number of carboxylic acids is 1. The Hall–Kier alpha value is -0.610. The molecule has 4 heteroatoms. The van der Waals surface area contributed by atoms with Crippen molar-refractivity contribution in [2.45, 2.75) is 13.0 Å². The fourth-order valence-electron chi connectivity index (χ4n) is 0.227. The molecule has 0 rings (SSSR count). The third-order valence-corrected chi connectivity index (χ3v) is 0.665. The average molecular weight is 119 g/mol. The molecule has 0 saturated heterocycles. The van der Waals surface area contributed by atoms with Gasteiger partial charge in [-0.2, -0.15) is 5.48 Å². The molecule has 0 heterocycles. The molecule has 0 aliphatic heterocycles. The minimum atomic E-state index is -0.924. The van der Waals surface area contributed by atoms with Gasteiger partial charge in [0.1, 0.15) is 6.04 Å². The topological polar surface area (TPSA) is 58.6 Å². The fraction of sp³-hybridized carbons (Fsp3) is 0.750. The molecule has 0 bridgehead atoms. The molecule has 0 saturated carbocycles. The van der Waals surface area contributed by atoms with Gasteiger partial charge >= 0.3 is 5.97 Å². The van der Waals surface area contributed by atoms with Crippen molar-refractivity contribution in [3.8, 4) is 0 Å². The van der Waals surface area contributed by atoms with Gasteiger partial charge in [0.05, 0.1) is 7.11 Å². The lowest BCUT2D eigenvalue weighted by Crippen LogP contribution is -2.32. The van der Waals surface area contributed by atoms with Crippen LogP contribution in [0.2, 0.25) is 0 Å². The maximum Gasteiger partial charge on any atom is 0.322 e. The molecule has 0 aromatic rings. The number of carbonyl (C=O) groups is 1. The first kappa shape index (κ1) is 7.39. The van der Waals surface area contributed by atoms with Crippen molar-refractivity contribution >= 4 is 5.97 Å². The van der Waals surface area contributed by atoms with Crippen LogP contribution in [-0.4, -0.2) is 24.2 Å². The van der Waals surface area contributed by atoms with Gasteiger partial charge in [0.15, 0.2) is 0 Å². The molecule has 2 N–H and O–H groups in total. The summed E-state index contributed by atoms with van der Waals surface area (Å²) < 4.78 is 0. The number of hydrogen-bond acceptors (Lipinski definition) is 3. The van der Waals surface area contributed by atoms with Crippen molar-refractivity contribution in [3.05, 3.63) is 0 Å². The number of hydrogen-bond donors (Lipinski definition) is 2. The van der Waals surface area contributed by atoms with Crippen LogP contribution in [-0.2, 0) is 9.63 Å². The van der Waals surface area contributed by atoms with Crippen LogP contribution in [0.25, 0.3) is 0 Å². The van der Waals surface area contributed by atoms with Gasteiger partial charge in [-0.25, -0.2) is 0 Å². The molecule has 1 atom stereocenters. The molecule has 0 amide bonds. The molecule has 0 aromatic carbocycles. The summed E-state index contributed by atoms with van der Waals surface area (Å²) in [5.41, 5.74) is 2.25. The van der Waals surface area contributed by atoms with Crippen LogP contribution in [0.1, 0.15) is 6.92 Å². The SMILES string of the molecule is CONC(C)C(=O)O. The number of hydroxylamine groups is 1. The summed E-state index contributed by atoms with van der Waals surface area (Å²) in [6, 6.07) is -0.639. The van der Waals surface area contributed by atoms with Crippen LogP contribution in [0.15, 0.2) is 0 Å². The maximum atomic E-state index is 9.95. The third kappa shape index (κ3) is 2.54. The van der Waals surface area contributed by atoms with Crippen molar-refractivity contribution in [1.29, 1.82) is 0 Å². The summed E-state index contributed by atoms with van der Waals surface area (Å²) >= 11 is 0. The summed E-state index contributed by atoms with van der Waals surface area (Å²) in [6.07, 6.45) is 0. The first-order valence-corrected chi connectivity index (χ1v) is 2.19. The highest BCUT2D eigenvalue weighted by atomic mass is 16.6. The second-order valence-electron chi connectivity index (χ2n) is 1.38. The van der Waals surface area contributed by atoms with Gasteiger partial charge < -0.3 is 9.94 Å². The summed E-state index contributed by atoms with van der Waals surface area (Å²) in [4.78, 5) is 14.3. The highest BCUT2D eigenvalue weighted by Crippen LogP contribution is 1.77. The molecule has 0 spiro atoms. The number of aliphatic carboxylic acids is 1. The Balaban J connectivity index is 3.32. The molecule has 0 fully saturated rings. The summed E-state index contributed by atoms with van der Waals surface area (Å²) in [5.74, 6) is -0.924. The zero-order valence-corrected chi connectivity index (χ0v) is 4.84. The van der Waals surface area contributed by atoms with E-state index in [-0.39, 0.29) is 0 Å². The molecule has 0 aliphatic carbocycles. The van der Waals surface area contributed by atoms with E-state index in [2.05, 4.69) is 10.3 Å². The van der Waals surface area contributed by atoms with E-state index in [1.165, 1.54) is 14.0 Å². The number of carboxylic acid groups (broad SMARTS) is 1. The van der Waals surface area contributed by atoms with Crippen molar-refractivity contribution in [1.82, 2.24) is 5.48 Å². The lowest BCUT2D eigenvalue weighted by atomic mass is 10.4. The Morgan fingerprint density at radius 1 is 1.88 bits per heavy atom. The van der Waals surface area contributed by atoms with Crippen LogP contribution in [0.3, 0.4) is 0 Å². The number of rotatable bonds is 3. The fourth-order valence-corrected chi connectivity index (χ4v) is 0.227. The van der Waals surface area contributed by atoms with Gasteiger partial charge in [0.2, 0.25) is 0 Å². The predicted octanol–water partition coefficient (Wildman–Crippen LogP) is -0.390. The first-order chi connectivity index (χ1) is 3.68. The predicted molar refractivity (Wildman–Crippen MR) is 27.2 cm³/mol. The normalized spacial score (nSPS) is 13.2. The van der Waals surface area contributed by atoms with Gasteiger partial charge in [-0.3, -0.25) is 4.79 Å². The van der Waals surface area contributed by atoms with Crippen molar-refractivity contribution in [3.63, 3.8) is 0 Å². The largest absolute Gasteiger partial charge is 0.480 e. The van der Waals surface area contributed by atoms with E-state index in [9.17, 15) is 4.79 Å². The highest BCUT2D eigenvalue weighted by Gasteiger charge is 2.07. The van der Waals surface area contributed by atoms with E-state index < -0.39 is 12.0 Å². The lowest BCUT2D eigenvalue weighted by molar-refractivity contribution is -0.142. The van der Waals surface area contributed by atoms with Crippen molar-refractivity contribution in [2.24, 2.45) is 0 Å². The Kier molecular flexibility index (Phi) is 3.14. The van der Waals surface area contributed by atoms with Gasteiger partial charge in [0, 0.05) is 0 Å². The summed E-state index contributed by atoms with van der Waals surface area (Å²) in [7, 11) is 1.37. The van der Waals surface area contributed by atoms with Gasteiger partial charge in [0.25, 0.3) is 0 Å². The van der Waals surface area contributed by atoms with E-state index in [1.807, 2.05) is 0 Å². The Morgan fingerprint density at radius 3 is 2.50 bits per heavy atom. The molecule has 48 valence electrons. The zero-order valence-electron chi connectivity index (χ0n) is 4.84. The van der Waals surface area contributed by atoms with Gasteiger partial charge in [-0.05, 0) is 6.92 Å². The summed E-state index contributed by atoms with van der Waals surface area (Å²) in [5, 5.41) is 8.17. The van der Waals surface area contributed by atoms with Crippen molar-refractivity contribution < 1.29 is 14.7 Å². The monoisotopic (exact) mass is 119 g/mol. The minimum Gasteiger partial charge on any atom is -0.480 e. The average Bonchev–Trinajstić information content (AvgIpc) is 1.67. The van der Waals surface area contributed by atoms with E-state index in [0.717, 1.165) is 0 Å². The smallest absolute Gasteiger partial charge is 0.322 e. The van der Waals surface area contributed by atoms with Crippen LogP contribution < -0.4 is 5.48 Å². The standard InChI is InChI=1S/C4H9NO3/c1-3(4(6)7)5-8-2/h3,5H,1-2H3,(H,6,7). The molecule has 8 heavy (non-hydrogen) atoms. The Bertz CT molecular complexity index is 83.4. The van der Waals surface area contributed by atoms with Gasteiger partial charge in [-0.1, -0.05) is 0 Å². The minimum absolute atomic E-state index is 0.639. The van der Waals surface area contributed by atoms with E-state index >= 15 is 0 Å². The zero-order chi connectivity index (χ0) is 6.57. The molecule has 4 nitrogen and oxygen atoms in total. The van der Waals surface area contributed by atoms with Crippen LogP contribution in [0.4, 0.5) is 0 Å². The third-order valence-electron chi connectivity index (χ3n) is 0.665. The van der Waals surface area contributed by atoms with E-state index in [0.29, 0.717) is 0 Å². The summed E-state index contributed by atoms with van der Waals surface area (Å²) in [6.45, 7) is 1.49. The highest BCUT2D eigenvalue weighted by molar-refractivity contribution is 5.72. The number of nitrogens with one attached hydrogen (secondary N) is 1. The maximum absolute atomic E-state index is 9.95. The van der Waals surface area contributed by atoms with Crippen molar-refractivity contribution in [2.75, 3.05) is 7.11 Å². The first-order valence-electron chi connectivity index (χ1n) is 2.19.